The maximum absolute atomic E-state index is 12.6. The predicted octanol–water partition coefficient (Wildman–Crippen LogP) is 4.13. The number of rotatable bonds is 7. The lowest BCUT2D eigenvalue weighted by Gasteiger charge is -2.11. The molecular formula is C18H20ClO3P. The molecule has 2 rings (SSSR count). The molecule has 0 bridgehead atoms. The molecule has 0 aliphatic rings. The second-order valence-corrected chi connectivity index (χ2v) is 6.85. The normalized spacial score (nSPS) is 11.1. The van der Waals surface area contributed by atoms with E-state index in [1.807, 2.05) is 44.2 Å². The number of carbonyl (C=O) groups excluding carboxylic acids is 1. The molecule has 0 spiro atoms. The van der Waals surface area contributed by atoms with Crippen LogP contribution in [0.2, 0.25) is 5.02 Å². The molecule has 23 heavy (non-hydrogen) atoms. The fourth-order valence-electron chi connectivity index (χ4n) is 2.21. The van der Waals surface area contributed by atoms with E-state index in [1.165, 1.54) is 0 Å². The Hall–Kier alpha value is -1.41. The molecule has 0 fully saturated rings. The maximum atomic E-state index is 12.6. The second kappa shape index (κ2) is 8.44. The maximum Gasteiger partial charge on any atom is 0.187 e. The first kappa shape index (κ1) is 17.9. The molecule has 2 aromatic carbocycles. The van der Waals surface area contributed by atoms with Crippen LogP contribution in [0.4, 0.5) is 0 Å². The Kier molecular flexibility index (Phi) is 6.59. The highest BCUT2D eigenvalue weighted by atomic mass is 35.5. The van der Waals surface area contributed by atoms with E-state index in [4.69, 9.17) is 21.1 Å². The van der Waals surface area contributed by atoms with Crippen molar-refractivity contribution in [2.75, 3.05) is 20.3 Å². The first-order valence-electron chi connectivity index (χ1n) is 7.31. The van der Waals surface area contributed by atoms with Crippen LogP contribution in [0.15, 0.2) is 36.4 Å². The SMILES string of the molecule is COCCOc1ccc(PC(=O)c2c(C)cccc2Cl)c(C)c1. The molecule has 122 valence electrons. The minimum atomic E-state index is 0.0425. The van der Waals surface area contributed by atoms with Crippen molar-refractivity contribution in [2.45, 2.75) is 13.8 Å². The summed E-state index contributed by atoms with van der Waals surface area (Å²) < 4.78 is 10.5. The third-order valence-corrected chi connectivity index (χ3v) is 5.07. The second-order valence-electron chi connectivity index (χ2n) is 5.20. The Bertz CT molecular complexity index is 680. The van der Waals surface area contributed by atoms with E-state index >= 15 is 0 Å². The summed E-state index contributed by atoms with van der Waals surface area (Å²) in [7, 11) is 1.68. The van der Waals surface area contributed by atoms with Crippen LogP contribution in [-0.4, -0.2) is 25.8 Å². The number of methoxy groups -OCH3 is 1. The molecule has 0 amide bonds. The van der Waals surface area contributed by atoms with Crippen LogP contribution in [0.3, 0.4) is 0 Å². The number of hydrogen-bond donors (Lipinski definition) is 0. The number of carbonyl (C=O) groups is 1. The summed E-state index contributed by atoms with van der Waals surface area (Å²) in [5, 5.41) is 1.52. The van der Waals surface area contributed by atoms with Gasteiger partial charge in [-0.1, -0.05) is 29.8 Å². The Morgan fingerprint density at radius 3 is 2.57 bits per heavy atom. The van der Waals surface area contributed by atoms with Crippen molar-refractivity contribution in [3.8, 4) is 5.75 Å². The van der Waals surface area contributed by atoms with Gasteiger partial charge in [-0.05, 0) is 57.1 Å². The van der Waals surface area contributed by atoms with Gasteiger partial charge in [-0.2, -0.15) is 0 Å². The Labute approximate surface area is 143 Å². The molecule has 0 heterocycles. The van der Waals surface area contributed by atoms with Crippen LogP contribution in [0.5, 0.6) is 5.75 Å². The summed E-state index contributed by atoms with van der Waals surface area (Å²) in [6.07, 6.45) is 0. The van der Waals surface area contributed by atoms with Gasteiger partial charge in [0.05, 0.1) is 11.6 Å². The smallest absolute Gasteiger partial charge is 0.187 e. The van der Waals surface area contributed by atoms with E-state index in [1.54, 1.807) is 13.2 Å². The van der Waals surface area contributed by atoms with Gasteiger partial charge in [-0.15, -0.1) is 0 Å². The monoisotopic (exact) mass is 350 g/mol. The summed E-state index contributed by atoms with van der Waals surface area (Å²) in [5.41, 5.74) is 2.63. The molecule has 0 N–H and O–H groups in total. The minimum Gasteiger partial charge on any atom is -0.491 e. The van der Waals surface area contributed by atoms with E-state index in [9.17, 15) is 4.79 Å². The lowest BCUT2D eigenvalue weighted by atomic mass is 10.1. The van der Waals surface area contributed by atoms with Crippen LogP contribution >= 0.6 is 20.2 Å². The van der Waals surface area contributed by atoms with Gasteiger partial charge in [0.1, 0.15) is 12.4 Å². The van der Waals surface area contributed by atoms with Gasteiger partial charge in [-0.3, -0.25) is 4.79 Å². The molecule has 2 aromatic rings. The van der Waals surface area contributed by atoms with E-state index < -0.39 is 0 Å². The summed E-state index contributed by atoms with van der Waals surface area (Å²) in [4.78, 5) is 12.6. The van der Waals surface area contributed by atoms with Gasteiger partial charge in [-0.25, -0.2) is 0 Å². The molecule has 0 aliphatic heterocycles. The summed E-state index contributed by atoms with van der Waals surface area (Å²) in [5.74, 6) is 0.787. The Balaban J connectivity index is 2.12. The van der Waals surface area contributed by atoms with Crippen LogP contribution in [-0.2, 0) is 4.74 Å². The Morgan fingerprint density at radius 1 is 1.13 bits per heavy atom. The van der Waals surface area contributed by atoms with Crippen LogP contribution in [0.25, 0.3) is 0 Å². The zero-order valence-corrected chi connectivity index (χ0v) is 15.2. The average Bonchev–Trinajstić information content (AvgIpc) is 2.50. The molecule has 0 aliphatic carbocycles. The van der Waals surface area contributed by atoms with Crippen molar-refractivity contribution in [1.82, 2.24) is 0 Å². The molecule has 1 atom stereocenters. The van der Waals surface area contributed by atoms with Crippen molar-refractivity contribution in [3.05, 3.63) is 58.1 Å². The van der Waals surface area contributed by atoms with E-state index in [2.05, 4.69) is 0 Å². The average molecular weight is 351 g/mol. The molecular weight excluding hydrogens is 331 g/mol. The van der Waals surface area contributed by atoms with Gasteiger partial charge >= 0.3 is 0 Å². The predicted molar refractivity (Wildman–Crippen MR) is 97.0 cm³/mol. The van der Waals surface area contributed by atoms with Crippen molar-refractivity contribution >= 4 is 31.0 Å². The first-order valence-corrected chi connectivity index (χ1v) is 8.69. The van der Waals surface area contributed by atoms with E-state index in [-0.39, 0.29) is 14.1 Å². The molecule has 3 nitrogen and oxygen atoms in total. The fourth-order valence-corrected chi connectivity index (χ4v) is 3.74. The third-order valence-electron chi connectivity index (χ3n) is 3.45. The number of hydrogen-bond acceptors (Lipinski definition) is 3. The first-order chi connectivity index (χ1) is 11.0. The Morgan fingerprint density at radius 2 is 1.91 bits per heavy atom. The highest BCUT2D eigenvalue weighted by Gasteiger charge is 2.15. The van der Waals surface area contributed by atoms with Gasteiger partial charge in [0.2, 0.25) is 0 Å². The van der Waals surface area contributed by atoms with Crippen LogP contribution in [0.1, 0.15) is 21.5 Å². The lowest BCUT2D eigenvalue weighted by Crippen LogP contribution is -2.08. The largest absolute Gasteiger partial charge is 0.491 e. The van der Waals surface area contributed by atoms with Gasteiger partial charge < -0.3 is 9.47 Å². The third kappa shape index (κ3) is 4.78. The molecule has 5 heteroatoms. The highest BCUT2D eigenvalue weighted by Crippen LogP contribution is 2.28. The molecule has 0 saturated heterocycles. The standard InChI is InChI=1S/C18H20ClO3P/c1-12-5-4-6-15(19)17(12)18(20)23-16-8-7-14(11-13(16)2)22-10-9-21-3/h4-8,11,23H,9-10H2,1-3H3. The van der Waals surface area contributed by atoms with E-state index in [0.29, 0.717) is 23.8 Å². The number of benzene rings is 2. The zero-order chi connectivity index (χ0) is 16.8. The summed E-state index contributed by atoms with van der Waals surface area (Å²) in [6.45, 7) is 4.95. The van der Waals surface area contributed by atoms with E-state index in [0.717, 1.165) is 22.2 Å². The molecule has 0 saturated carbocycles. The molecule has 0 radical (unpaired) electrons. The van der Waals surface area contributed by atoms with Crippen molar-refractivity contribution < 1.29 is 14.3 Å². The highest BCUT2D eigenvalue weighted by molar-refractivity contribution is 7.66. The van der Waals surface area contributed by atoms with Crippen molar-refractivity contribution in [3.63, 3.8) is 0 Å². The summed E-state index contributed by atoms with van der Waals surface area (Å²) >= 11 is 6.18. The molecule has 1 unspecified atom stereocenters. The van der Waals surface area contributed by atoms with Crippen LogP contribution in [0, 0.1) is 13.8 Å². The molecule has 0 aromatic heterocycles. The minimum absolute atomic E-state index is 0.0425. The summed E-state index contributed by atoms with van der Waals surface area (Å²) in [6, 6.07) is 11.3. The quantitative estimate of drug-likeness (QED) is 0.556. The van der Waals surface area contributed by atoms with Gasteiger partial charge in [0, 0.05) is 12.7 Å². The topological polar surface area (TPSA) is 35.5 Å². The van der Waals surface area contributed by atoms with Crippen molar-refractivity contribution in [1.29, 1.82) is 0 Å². The lowest BCUT2D eigenvalue weighted by molar-refractivity contribution is 0.108. The van der Waals surface area contributed by atoms with Gasteiger partial charge in [0.25, 0.3) is 0 Å². The van der Waals surface area contributed by atoms with Gasteiger partial charge in [0.15, 0.2) is 5.52 Å². The number of halogens is 1. The fraction of sp³-hybridized carbons (Fsp3) is 0.278. The zero-order valence-electron chi connectivity index (χ0n) is 13.5. The van der Waals surface area contributed by atoms with Crippen molar-refractivity contribution in [2.24, 2.45) is 0 Å². The number of aryl methyl sites for hydroxylation is 2. The van der Waals surface area contributed by atoms with Crippen LogP contribution < -0.4 is 10.0 Å². The number of ether oxygens (including phenoxy) is 2.